The number of carbonyl (C=O) groups excluding carboxylic acids is 2. The molecule has 0 aliphatic rings. The predicted molar refractivity (Wildman–Crippen MR) is 99.7 cm³/mol. The van der Waals surface area contributed by atoms with Crippen molar-refractivity contribution in [2.45, 2.75) is 13.8 Å². The highest BCUT2D eigenvalue weighted by Gasteiger charge is 2.13. The van der Waals surface area contributed by atoms with Gasteiger partial charge in [-0.3, -0.25) is 9.59 Å². The molecule has 6 heteroatoms. The van der Waals surface area contributed by atoms with Crippen LogP contribution in [0, 0.1) is 5.82 Å². The van der Waals surface area contributed by atoms with E-state index in [1.165, 1.54) is 28.4 Å². The lowest BCUT2D eigenvalue weighted by Crippen LogP contribution is -2.39. The van der Waals surface area contributed by atoms with Gasteiger partial charge in [-0.1, -0.05) is 18.2 Å². The molecule has 2 rings (SSSR count). The third kappa shape index (κ3) is 5.26. The number of halogens is 1. The Morgan fingerprint density at radius 3 is 2.64 bits per heavy atom. The second-order valence-corrected chi connectivity index (χ2v) is 6.44. The fourth-order valence-electron chi connectivity index (χ4n) is 2.28. The molecule has 2 aromatic rings. The molecular formula is C19H21FN2O2S. The summed E-state index contributed by atoms with van der Waals surface area (Å²) in [6, 6.07) is 10.3. The molecule has 1 N–H and O–H groups in total. The monoisotopic (exact) mass is 360 g/mol. The summed E-state index contributed by atoms with van der Waals surface area (Å²) in [5, 5.41) is 2.68. The number of carbonyl (C=O) groups is 2. The van der Waals surface area contributed by atoms with Crippen LogP contribution in [0.15, 0.2) is 42.5 Å². The normalized spacial score (nSPS) is 10.8. The molecule has 0 saturated heterocycles. The van der Waals surface area contributed by atoms with E-state index in [4.69, 9.17) is 0 Å². The van der Waals surface area contributed by atoms with E-state index < -0.39 is 0 Å². The van der Waals surface area contributed by atoms with Gasteiger partial charge in [0.1, 0.15) is 5.82 Å². The van der Waals surface area contributed by atoms with E-state index in [0.29, 0.717) is 18.7 Å². The van der Waals surface area contributed by atoms with E-state index in [2.05, 4.69) is 5.32 Å². The number of hydrogen-bond acceptors (Lipinski definition) is 3. The van der Waals surface area contributed by atoms with Crippen LogP contribution in [0.25, 0.3) is 16.5 Å². The van der Waals surface area contributed by atoms with Gasteiger partial charge in [-0.25, -0.2) is 4.39 Å². The summed E-state index contributed by atoms with van der Waals surface area (Å²) in [5.74, 6) is -0.672. The Hall–Kier alpha value is -2.47. The minimum absolute atomic E-state index is 0.0401. The molecule has 0 aliphatic carbocycles. The van der Waals surface area contributed by atoms with Gasteiger partial charge in [-0.05, 0) is 38.1 Å². The van der Waals surface area contributed by atoms with Crippen LogP contribution in [0.5, 0.6) is 0 Å². The van der Waals surface area contributed by atoms with Gasteiger partial charge in [0.05, 0.1) is 6.54 Å². The molecule has 25 heavy (non-hydrogen) atoms. The number of nitrogens with one attached hydrogen (secondary N) is 1. The number of amides is 2. The van der Waals surface area contributed by atoms with Crippen LogP contribution in [0.4, 0.5) is 4.39 Å². The van der Waals surface area contributed by atoms with Crippen molar-refractivity contribution in [2.24, 2.45) is 0 Å². The second kappa shape index (κ2) is 9.13. The molecule has 1 aromatic carbocycles. The molecule has 4 nitrogen and oxygen atoms in total. The molecule has 0 fully saturated rings. The maximum Gasteiger partial charge on any atom is 0.247 e. The van der Waals surface area contributed by atoms with Gasteiger partial charge in [-0.15, -0.1) is 11.3 Å². The molecule has 0 spiro atoms. The SMILES string of the molecule is CCNC(=O)CN(CC)C(=O)C=Cc1ccc(-c2ccccc2F)s1. The quantitative estimate of drug-likeness (QED) is 0.768. The Labute approximate surface area is 151 Å². The van der Waals surface area contributed by atoms with Crippen LogP contribution in [-0.2, 0) is 9.59 Å². The van der Waals surface area contributed by atoms with Crippen LogP contribution >= 0.6 is 11.3 Å². The first-order valence-electron chi connectivity index (χ1n) is 8.13. The van der Waals surface area contributed by atoms with Gasteiger partial charge in [-0.2, -0.15) is 0 Å². The first kappa shape index (κ1) is 18.9. The van der Waals surface area contributed by atoms with Crippen molar-refractivity contribution >= 4 is 29.2 Å². The molecule has 2 amide bonds. The molecule has 0 atom stereocenters. The van der Waals surface area contributed by atoms with Crippen molar-refractivity contribution in [2.75, 3.05) is 19.6 Å². The molecule has 0 saturated carbocycles. The van der Waals surface area contributed by atoms with Gasteiger partial charge in [0.15, 0.2) is 0 Å². The standard InChI is InChI=1S/C19H21FN2O2S/c1-3-21-18(23)13-22(4-2)19(24)12-10-14-9-11-17(25-14)15-7-5-6-8-16(15)20/h5-12H,3-4,13H2,1-2H3,(H,21,23). The Kier molecular flexibility index (Phi) is 6.89. The van der Waals surface area contributed by atoms with E-state index in [9.17, 15) is 14.0 Å². The second-order valence-electron chi connectivity index (χ2n) is 5.32. The van der Waals surface area contributed by atoms with Gasteiger partial charge in [0.25, 0.3) is 0 Å². The maximum absolute atomic E-state index is 13.8. The molecule has 0 aliphatic heterocycles. The van der Waals surface area contributed by atoms with Gasteiger partial charge < -0.3 is 10.2 Å². The molecule has 1 aromatic heterocycles. The number of likely N-dealkylation sites (N-methyl/N-ethyl adjacent to an activating group) is 2. The van der Waals surface area contributed by atoms with Crippen LogP contribution in [0.2, 0.25) is 0 Å². The first-order valence-corrected chi connectivity index (χ1v) is 8.95. The Morgan fingerprint density at radius 2 is 1.96 bits per heavy atom. The highest BCUT2D eigenvalue weighted by molar-refractivity contribution is 7.16. The number of nitrogens with zero attached hydrogens (tertiary/aromatic N) is 1. The molecule has 132 valence electrons. The summed E-state index contributed by atoms with van der Waals surface area (Å²) >= 11 is 1.41. The molecular weight excluding hydrogens is 339 g/mol. The third-order valence-electron chi connectivity index (χ3n) is 3.56. The number of benzene rings is 1. The van der Waals surface area contributed by atoms with Crippen LogP contribution < -0.4 is 5.32 Å². The minimum atomic E-state index is -0.268. The highest BCUT2D eigenvalue weighted by Crippen LogP contribution is 2.30. The molecule has 0 unspecified atom stereocenters. The fourth-order valence-corrected chi connectivity index (χ4v) is 3.22. The number of hydrogen-bond donors (Lipinski definition) is 1. The van der Waals surface area contributed by atoms with Crippen molar-refractivity contribution in [1.29, 1.82) is 0 Å². The lowest BCUT2D eigenvalue weighted by molar-refractivity contribution is -0.132. The van der Waals surface area contributed by atoms with Crippen molar-refractivity contribution in [3.8, 4) is 10.4 Å². The highest BCUT2D eigenvalue weighted by atomic mass is 32.1. The van der Waals surface area contributed by atoms with E-state index in [1.54, 1.807) is 24.3 Å². The van der Waals surface area contributed by atoms with E-state index in [0.717, 1.165) is 9.75 Å². The molecule has 1 heterocycles. The van der Waals surface area contributed by atoms with E-state index >= 15 is 0 Å². The first-order chi connectivity index (χ1) is 12.0. The Bertz CT molecular complexity index is 770. The zero-order chi connectivity index (χ0) is 18.2. The largest absolute Gasteiger partial charge is 0.355 e. The zero-order valence-corrected chi connectivity index (χ0v) is 15.1. The van der Waals surface area contributed by atoms with Gasteiger partial charge >= 0.3 is 0 Å². The summed E-state index contributed by atoms with van der Waals surface area (Å²) in [6.45, 7) is 4.68. The van der Waals surface area contributed by atoms with E-state index in [1.807, 2.05) is 26.0 Å². The lowest BCUT2D eigenvalue weighted by Gasteiger charge is -2.18. The van der Waals surface area contributed by atoms with Crippen LogP contribution in [0.3, 0.4) is 0 Å². The fraction of sp³-hybridized carbons (Fsp3) is 0.263. The summed E-state index contributed by atoms with van der Waals surface area (Å²) < 4.78 is 13.8. The Morgan fingerprint density at radius 1 is 1.20 bits per heavy atom. The van der Waals surface area contributed by atoms with Gasteiger partial charge in [0, 0.05) is 34.5 Å². The summed E-state index contributed by atoms with van der Waals surface area (Å²) in [7, 11) is 0. The van der Waals surface area contributed by atoms with Crippen LogP contribution in [-0.4, -0.2) is 36.3 Å². The maximum atomic E-state index is 13.8. The average Bonchev–Trinajstić information content (AvgIpc) is 3.07. The van der Waals surface area contributed by atoms with Crippen molar-refractivity contribution in [3.63, 3.8) is 0 Å². The van der Waals surface area contributed by atoms with Crippen LogP contribution in [0.1, 0.15) is 18.7 Å². The van der Waals surface area contributed by atoms with Gasteiger partial charge in [0.2, 0.25) is 11.8 Å². The predicted octanol–water partition coefficient (Wildman–Crippen LogP) is 3.55. The summed E-state index contributed by atoms with van der Waals surface area (Å²) in [6.07, 6.45) is 3.14. The average molecular weight is 360 g/mol. The Balaban J connectivity index is 2.05. The summed E-state index contributed by atoms with van der Waals surface area (Å²) in [5.41, 5.74) is 0.546. The van der Waals surface area contributed by atoms with Crippen molar-refractivity contribution < 1.29 is 14.0 Å². The minimum Gasteiger partial charge on any atom is -0.355 e. The smallest absolute Gasteiger partial charge is 0.247 e. The zero-order valence-electron chi connectivity index (χ0n) is 14.3. The van der Waals surface area contributed by atoms with Crippen molar-refractivity contribution in [1.82, 2.24) is 10.2 Å². The topological polar surface area (TPSA) is 49.4 Å². The lowest BCUT2D eigenvalue weighted by atomic mass is 10.2. The van der Waals surface area contributed by atoms with Crippen molar-refractivity contribution in [3.05, 3.63) is 53.2 Å². The number of rotatable bonds is 7. The summed E-state index contributed by atoms with van der Waals surface area (Å²) in [4.78, 5) is 27.0. The molecule has 0 bridgehead atoms. The van der Waals surface area contributed by atoms with E-state index in [-0.39, 0.29) is 24.2 Å². The number of thiophene rings is 1. The third-order valence-corrected chi connectivity index (χ3v) is 4.64. The molecule has 0 radical (unpaired) electrons.